The number of rotatable bonds is 6. The fourth-order valence-electron chi connectivity index (χ4n) is 2.30. The average molecular weight is 265 g/mol. The molecule has 0 amide bonds. The SMILES string of the molecule is O=C(CN(CCO)C1CCC1)c1ccc(O)cc1O. The molecule has 0 aliphatic heterocycles. The number of hydrogen-bond acceptors (Lipinski definition) is 5. The van der Waals surface area contributed by atoms with Gasteiger partial charge in [0.25, 0.3) is 0 Å². The molecule has 0 heterocycles. The van der Waals surface area contributed by atoms with Crippen LogP contribution in [0.1, 0.15) is 29.6 Å². The maximum atomic E-state index is 12.1. The zero-order chi connectivity index (χ0) is 13.8. The molecule has 1 saturated carbocycles. The van der Waals surface area contributed by atoms with Gasteiger partial charge in [0.1, 0.15) is 11.5 Å². The van der Waals surface area contributed by atoms with Crippen molar-refractivity contribution in [3.63, 3.8) is 0 Å². The molecule has 0 saturated heterocycles. The van der Waals surface area contributed by atoms with Gasteiger partial charge >= 0.3 is 0 Å². The van der Waals surface area contributed by atoms with Crippen LogP contribution in [0.3, 0.4) is 0 Å². The summed E-state index contributed by atoms with van der Waals surface area (Å²) in [5.41, 5.74) is 0.208. The third kappa shape index (κ3) is 3.24. The number of benzene rings is 1. The highest BCUT2D eigenvalue weighted by atomic mass is 16.3. The van der Waals surface area contributed by atoms with Gasteiger partial charge in [-0.3, -0.25) is 9.69 Å². The standard InChI is InChI=1S/C14H19NO4/c16-7-6-15(10-2-1-3-10)9-14(19)12-5-4-11(17)8-13(12)18/h4-5,8,10,16-18H,1-3,6-7,9H2. The Bertz CT molecular complexity index is 457. The molecule has 1 aliphatic carbocycles. The van der Waals surface area contributed by atoms with Crippen LogP contribution in [0.15, 0.2) is 18.2 Å². The minimum absolute atomic E-state index is 0.0192. The lowest BCUT2D eigenvalue weighted by Crippen LogP contribution is -2.44. The molecule has 0 bridgehead atoms. The molecular formula is C14H19NO4. The van der Waals surface area contributed by atoms with E-state index in [9.17, 15) is 15.0 Å². The van der Waals surface area contributed by atoms with E-state index >= 15 is 0 Å². The third-order valence-corrected chi connectivity index (χ3v) is 3.61. The van der Waals surface area contributed by atoms with Crippen LogP contribution in [0.25, 0.3) is 0 Å². The summed E-state index contributed by atoms with van der Waals surface area (Å²) in [4.78, 5) is 14.1. The fraction of sp³-hybridized carbons (Fsp3) is 0.500. The van der Waals surface area contributed by atoms with E-state index in [1.165, 1.54) is 12.1 Å². The summed E-state index contributed by atoms with van der Waals surface area (Å²) in [7, 11) is 0. The summed E-state index contributed by atoms with van der Waals surface area (Å²) in [6.07, 6.45) is 3.26. The molecule has 2 rings (SSSR count). The number of aliphatic hydroxyl groups is 1. The summed E-state index contributed by atoms with van der Waals surface area (Å²) in [6, 6.07) is 4.32. The fourth-order valence-corrected chi connectivity index (χ4v) is 2.30. The monoisotopic (exact) mass is 265 g/mol. The van der Waals surface area contributed by atoms with Crippen molar-refractivity contribution >= 4 is 5.78 Å². The molecule has 1 aromatic rings. The Balaban J connectivity index is 2.05. The van der Waals surface area contributed by atoms with Crippen molar-refractivity contribution in [2.24, 2.45) is 0 Å². The number of Topliss-reactive ketones (excluding diaryl/α,β-unsaturated/α-hetero) is 1. The third-order valence-electron chi connectivity index (χ3n) is 3.61. The van der Waals surface area contributed by atoms with Crippen molar-refractivity contribution in [2.75, 3.05) is 19.7 Å². The van der Waals surface area contributed by atoms with Crippen LogP contribution in [-0.2, 0) is 0 Å². The second-order valence-corrected chi connectivity index (χ2v) is 4.90. The molecule has 1 aliphatic rings. The summed E-state index contributed by atoms with van der Waals surface area (Å²) in [5, 5.41) is 27.9. The van der Waals surface area contributed by atoms with E-state index in [1.54, 1.807) is 0 Å². The maximum Gasteiger partial charge on any atom is 0.180 e. The van der Waals surface area contributed by atoms with Gasteiger partial charge in [0, 0.05) is 18.7 Å². The Morgan fingerprint density at radius 1 is 1.32 bits per heavy atom. The van der Waals surface area contributed by atoms with Gasteiger partial charge in [0.2, 0.25) is 0 Å². The van der Waals surface area contributed by atoms with E-state index in [4.69, 9.17) is 5.11 Å². The van der Waals surface area contributed by atoms with Crippen molar-refractivity contribution in [1.29, 1.82) is 0 Å². The van der Waals surface area contributed by atoms with Gasteiger partial charge in [0.05, 0.1) is 18.7 Å². The molecule has 1 fully saturated rings. The highest BCUT2D eigenvalue weighted by Gasteiger charge is 2.26. The van der Waals surface area contributed by atoms with Crippen molar-refractivity contribution in [3.05, 3.63) is 23.8 Å². The number of hydrogen-bond donors (Lipinski definition) is 3. The summed E-state index contributed by atoms with van der Waals surface area (Å²) >= 11 is 0. The van der Waals surface area contributed by atoms with E-state index in [-0.39, 0.29) is 36.0 Å². The lowest BCUT2D eigenvalue weighted by atomic mass is 9.91. The van der Waals surface area contributed by atoms with Gasteiger partial charge < -0.3 is 15.3 Å². The number of aromatic hydroxyl groups is 2. The van der Waals surface area contributed by atoms with Crippen LogP contribution < -0.4 is 0 Å². The van der Waals surface area contributed by atoms with Crippen LogP contribution in [-0.4, -0.2) is 51.7 Å². The molecular weight excluding hydrogens is 246 g/mol. The molecule has 0 spiro atoms. The van der Waals surface area contributed by atoms with Crippen LogP contribution in [0.4, 0.5) is 0 Å². The van der Waals surface area contributed by atoms with Gasteiger partial charge in [-0.2, -0.15) is 0 Å². The number of phenols is 2. The molecule has 3 N–H and O–H groups in total. The quantitative estimate of drug-likeness (QED) is 0.672. The number of phenolic OH excluding ortho intramolecular Hbond substituents is 2. The molecule has 0 radical (unpaired) electrons. The highest BCUT2D eigenvalue weighted by molar-refractivity contribution is 6.00. The first-order valence-electron chi connectivity index (χ1n) is 6.52. The number of carbonyl (C=O) groups is 1. The minimum Gasteiger partial charge on any atom is -0.508 e. The van der Waals surface area contributed by atoms with E-state index in [2.05, 4.69) is 0 Å². The topological polar surface area (TPSA) is 81.0 Å². The van der Waals surface area contributed by atoms with Crippen LogP contribution in [0, 0.1) is 0 Å². The Labute approximate surface area is 112 Å². The molecule has 5 nitrogen and oxygen atoms in total. The zero-order valence-corrected chi connectivity index (χ0v) is 10.7. The van der Waals surface area contributed by atoms with E-state index < -0.39 is 0 Å². The number of carbonyl (C=O) groups excluding carboxylic acids is 1. The number of nitrogens with zero attached hydrogens (tertiary/aromatic N) is 1. The van der Waals surface area contributed by atoms with Crippen LogP contribution >= 0.6 is 0 Å². The van der Waals surface area contributed by atoms with Crippen LogP contribution in [0.2, 0.25) is 0 Å². The lowest BCUT2D eigenvalue weighted by Gasteiger charge is -2.36. The van der Waals surface area contributed by atoms with Gasteiger partial charge in [-0.15, -0.1) is 0 Å². The first kappa shape index (κ1) is 13.8. The molecule has 19 heavy (non-hydrogen) atoms. The molecule has 104 valence electrons. The predicted octanol–water partition coefficient (Wildman–Crippen LogP) is 1.13. The smallest absolute Gasteiger partial charge is 0.180 e. The zero-order valence-electron chi connectivity index (χ0n) is 10.7. The Hall–Kier alpha value is -1.59. The summed E-state index contributed by atoms with van der Waals surface area (Å²) in [6.45, 7) is 0.671. The van der Waals surface area contributed by atoms with Crippen molar-refractivity contribution in [2.45, 2.75) is 25.3 Å². The normalized spacial score (nSPS) is 15.5. The van der Waals surface area contributed by atoms with Crippen molar-refractivity contribution in [1.82, 2.24) is 4.90 Å². The molecule has 5 heteroatoms. The van der Waals surface area contributed by atoms with Crippen molar-refractivity contribution < 1.29 is 20.1 Å². The van der Waals surface area contributed by atoms with Crippen molar-refractivity contribution in [3.8, 4) is 11.5 Å². The van der Waals surface area contributed by atoms with E-state index in [0.717, 1.165) is 25.3 Å². The molecule has 1 aromatic carbocycles. The summed E-state index contributed by atoms with van der Waals surface area (Å²) in [5.74, 6) is -0.472. The predicted molar refractivity (Wildman–Crippen MR) is 70.4 cm³/mol. The van der Waals surface area contributed by atoms with Gasteiger partial charge in [-0.25, -0.2) is 0 Å². The first-order chi connectivity index (χ1) is 9.11. The first-order valence-corrected chi connectivity index (χ1v) is 6.52. The maximum absolute atomic E-state index is 12.1. The number of ketones is 1. The van der Waals surface area contributed by atoms with Crippen LogP contribution in [0.5, 0.6) is 11.5 Å². The molecule has 0 unspecified atom stereocenters. The second-order valence-electron chi connectivity index (χ2n) is 4.90. The van der Waals surface area contributed by atoms with Gasteiger partial charge in [-0.05, 0) is 25.0 Å². The lowest BCUT2D eigenvalue weighted by molar-refractivity contribution is 0.0745. The average Bonchev–Trinajstić information content (AvgIpc) is 2.26. The van der Waals surface area contributed by atoms with Gasteiger partial charge in [0.15, 0.2) is 5.78 Å². The Morgan fingerprint density at radius 3 is 2.58 bits per heavy atom. The largest absolute Gasteiger partial charge is 0.508 e. The Kier molecular flexibility index (Phi) is 4.39. The van der Waals surface area contributed by atoms with Gasteiger partial charge in [-0.1, -0.05) is 6.42 Å². The highest BCUT2D eigenvalue weighted by Crippen LogP contribution is 2.26. The second kappa shape index (κ2) is 6.04. The summed E-state index contributed by atoms with van der Waals surface area (Å²) < 4.78 is 0. The Morgan fingerprint density at radius 2 is 2.05 bits per heavy atom. The van der Waals surface area contributed by atoms with E-state index in [1.807, 2.05) is 4.90 Å². The molecule has 0 atom stereocenters. The number of aliphatic hydroxyl groups excluding tert-OH is 1. The van der Waals surface area contributed by atoms with E-state index in [0.29, 0.717) is 12.6 Å². The minimum atomic E-state index is -0.206. The molecule has 0 aromatic heterocycles.